The number of hydrogen-bond acceptors (Lipinski definition) is 1. The third-order valence-electron chi connectivity index (χ3n) is 1.41. The van der Waals surface area contributed by atoms with Crippen LogP contribution in [0.3, 0.4) is 0 Å². The Balaban J connectivity index is 2.59. The molecule has 0 aromatic heterocycles. The number of hydrogen-bond donors (Lipinski definition) is 1. The number of aliphatic hydroxyl groups is 1. The molecule has 0 spiro atoms. The van der Waals surface area contributed by atoms with Crippen LogP contribution in [0.4, 0.5) is 0 Å². The van der Waals surface area contributed by atoms with Gasteiger partial charge in [-0.25, -0.2) is 0 Å². The van der Waals surface area contributed by atoms with Gasteiger partial charge in [0.2, 0.25) is 0 Å². The van der Waals surface area contributed by atoms with E-state index in [1.54, 1.807) is 0 Å². The molecule has 0 aliphatic heterocycles. The molecule has 1 N–H and O–H groups in total. The van der Waals surface area contributed by atoms with Crippen LogP contribution in [0.2, 0.25) is 5.02 Å². The fraction of sp³-hybridized carbons (Fsp3) is 0.200. The second-order valence-corrected chi connectivity index (χ2v) is 2.75. The lowest BCUT2D eigenvalue weighted by atomic mass is 10.2. The molecule has 1 aromatic rings. The first-order valence-electron chi connectivity index (χ1n) is 3.64. The average Bonchev–Trinajstić information content (AvgIpc) is 2.09. The highest BCUT2D eigenvalue weighted by Gasteiger charge is 1.88. The van der Waals surface area contributed by atoms with Crippen molar-refractivity contribution in [2.24, 2.45) is 0 Å². The molecule has 0 atom stereocenters. The molecule has 0 fully saturated rings. The quantitative estimate of drug-likeness (QED) is 0.655. The van der Waals surface area contributed by atoms with Gasteiger partial charge in [-0.2, -0.15) is 0 Å². The lowest BCUT2D eigenvalue weighted by molar-refractivity contribution is 0.350. The Kier molecular flexibility index (Phi) is 3.66. The zero-order chi connectivity index (χ0) is 8.81. The topological polar surface area (TPSA) is 20.2 Å². The number of rotatable bonds is 1. The van der Waals surface area contributed by atoms with Crippen LogP contribution in [0.1, 0.15) is 5.56 Å². The second kappa shape index (κ2) is 4.82. The third-order valence-corrected chi connectivity index (χ3v) is 1.66. The maximum absolute atomic E-state index is 8.39. The molecular weight excluding hydrogens is 172 g/mol. The Morgan fingerprint density at radius 1 is 1.17 bits per heavy atom. The highest BCUT2D eigenvalue weighted by atomic mass is 35.5. The Bertz CT molecular complexity index is 292. The number of benzene rings is 1. The minimum atomic E-state index is -0.0758. The molecule has 12 heavy (non-hydrogen) atoms. The SMILES string of the molecule is OCC#CCc1ccc(Cl)cc1. The van der Waals surface area contributed by atoms with Crippen LogP contribution in [0, 0.1) is 11.8 Å². The normalized spacial score (nSPS) is 8.83. The summed E-state index contributed by atoms with van der Waals surface area (Å²) in [6.07, 6.45) is 0.664. The van der Waals surface area contributed by atoms with Crippen molar-refractivity contribution in [2.45, 2.75) is 6.42 Å². The summed E-state index contributed by atoms with van der Waals surface area (Å²) in [6, 6.07) is 7.51. The van der Waals surface area contributed by atoms with Gasteiger partial charge in [0.1, 0.15) is 6.61 Å². The summed E-state index contributed by atoms with van der Waals surface area (Å²) in [4.78, 5) is 0. The first-order chi connectivity index (χ1) is 5.83. The van der Waals surface area contributed by atoms with E-state index in [-0.39, 0.29) is 6.61 Å². The fourth-order valence-electron chi connectivity index (χ4n) is 0.823. The molecule has 0 saturated carbocycles. The lowest BCUT2D eigenvalue weighted by Gasteiger charge is -1.93. The van der Waals surface area contributed by atoms with Gasteiger partial charge >= 0.3 is 0 Å². The Hall–Kier alpha value is -0.970. The van der Waals surface area contributed by atoms with Gasteiger partial charge < -0.3 is 5.11 Å². The fourth-order valence-corrected chi connectivity index (χ4v) is 0.949. The summed E-state index contributed by atoms with van der Waals surface area (Å²) in [5, 5.41) is 9.12. The van der Waals surface area contributed by atoms with Gasteiger partial charge in [-0.1, -0.05) is 35.6 Å². The molecule has 0 amide bonds. The van der Waals surface area contributed by atoms with Crippen molar-refractivity contribution >= 4 is 11.6 Å². The Morgan fingerprint density at radius 3 is 2.42 bits per heavy atom. The zero-order valence-electron chi connectivity index (χ0n) is 6.55. The molecular formula is C10H9ClO. The smallest absolute Gasteiger partial charge is 0.104 e. The van der Waals surface area contributed by atoms with Gasteiger partial charge in [-0.3, -0.25) is 0 Å². The van der Waals surface area contributed by atoms with Gasteiger partial charge in [-0.05, 0) is 17.7 Å². The minimum absolute atomic E-state index is 0.0758. The second-order valence-electron chi connectivity index (χ2n) is 2.31. The zero-order valence-corrected chi connectivity index (χ0v) is 7.30. The maximum Gasteiger partial charge on any atom is 0.104 e. The van der Waals surface area contributed by atoms with Crippen LogP contribution in [-0.2, 0) is 6.42 Å². The minimum Gasteiger partial charge on any atom is -0.384 e. The molecule has 0 heterocycles. The van der Waals surface area contributed by atoms with E-state index in [2.05, 4.69) is 11.8 Å². The van der Waals surface area contributed by atoms with Gasteiger partial charge in [0, 0.05) is 11.4 Å². The van der Waals surface area contributed by atoms with E-state index in [9.17, 15) is 0 Å². The van der Waals surface area contributed by atoms with Crippen molar-refractivity contribution in [1.82, 2.24) is 0 Å². The van der Waals surface area contributed by atoms with E-state index in [0.29, 0.717) is 6.42 Å². The molecule has 1 rings (SSSR count). The lowest BCUT2D eigenvalue weighted by Crippen LogP contribution is -1.80. The van der Waals surface area contributed by atoms with E-state index >= 15 is 0 Å². The van der Waals surface area contributed by atoms with Crippen molar-refractivity contribution in [3.8, 4) is 11.8 Å². The van der Waals surface area contributed by atoms with Crippen molar-refractivity contribution in [2.75, 3.05) is 6.61 Å². The van der Waals surface area contributed by atoms with E-state index in [1.165, 1.54) is 0 Å². The summed E-state index contributed by atoms with van der Waals surface area (Å²) >= 11 is 5.70. The molecule has 0 aliphatic rings. The molecule has 0 unspecified atom stereocenters. The Morgan fingerprint density at radius 2 is 1.83 bits per heavy atom. The van der Waals surface area contributed by atoms with Crippen molar-refractivity contribution < 1.29 is 5.11 Å². The van der Waals surface area contributed by atoms with Gasteiger partial charge in [0.25, 0.3) is 0 Å². The van der Waals surface area contributed by atoms with E-state index < -0.39 is 0 Å². The van der Waals surface area contributed by atoms with Gasteiger partial charge in [0.15, 0.2) is 0 Å². The molecule has 1 nitrogen and oxygen atoms in total. The first-order valence-corrected chi connectivity index (χ1v) is 4.02. The van der Waals surface area contributed by atoms with Crippen LogP contribution < -0.4 is 0 Å². The molecule has 1 aromatic carbocycles. The predicted molar refractivity (Wildman–Crippen MR) is 50.0 cm³/mol. The van der Waals surface area contributed by atoms with Crippen LogP contribution in [0.15, 0.2) is 24.3 Å². The van der Waals surface area contributed by atoms with E-state index in [1.807, 2.05) is 24.3 Å². The number of aliphatic hydroxyl groups excluding tert-OH is 1. The highest BCUT2D eigenvalue weighted by molar-refractivity contribution is 6.30. The van der Waals surface area contributed by atoms with Crippen molar-refractivity contribution in [3.05, 3.63) is 34.9 Å². The highest BCUT2D eigenvalue weighted by Crippen LogP contribution is 2.09. The number of halogens is 1. The van der Waals surface area contributed by atoms with Gasteiger partial charge in [-0.15, -0.1) is 0 Å². The Labute approximate surface area is 77.0 Å². The van der Waals surface area contributed by atoms with Crippen molar-refractivity contribution in [3.63, 3.8) is 0 Å². The van der Waals surface area contributed by atoms with Gasteiger partial charge in [0.05, 0.1) is 0 Å². The largest absolute Gasteiger partial charge is 0.384 e. The van der Waals surface area contributed by atoms with Crippen LogP contribution in [0.5, 0.6) is 0 Å². The molecule has 2 heteroatoms. The molecule has 0 saturated heterocycles. The third kappa shape index (κ3) is 2.96. The first kappa shape index (κ1) is 9.12. The van der Waals surface area contributed by atoms with Crippen LogP contribution in [-0.4, -0.2) is 11.7 Å². The summed E-state index contributed by atoms with van der Waals surface area (Å²) in [5.74, 6) is 5.41. The summed E-state index contributed by atoms with van der Waals surface area (Å²) in [7, 11) is 0. The summed E-state index contributed by atoms with van der Waals surface area (Å²) in [6.45, 7) is -0.0758. The maximum atomic E-state index is 8.39. The summed E-state index contributed by atoms with van der Waals surface area (Å²) < 4.78 is 0. The summed E-state index contributed by atoms with van der Waals surface area (Å²) in [5.41, 5.74) is 1.11. The average molecular weight is 181 g/mol. The molecule has 0 bridgehead atoms. The monoisotopic (exact) mass is 180 g/mol. The van der Waals surface area contributed by atoms with E-state index in [0.717, 1.165) is 10.6 Å². The predicted octanol–water partition coefficient (Wildman–Crippen LogP) is 1.88. The molecule has 0 aliphatic carbocycles. The van der Waals surface area contributed by atoms with E-state index in [4.69, 9.17) is 16.7 Å². The molecule has 62 valence electrons. The van der Waals surface area contributed by atoms with Crippen LogP contribution in [0.25, 0.3) is 0 Å². The standard InChI is InChI=1S/C10H9ClO/c11-10-6-4-9(5-7-10)3-1-2-8-12/h4-7,12H,3,8H2. The van der Waals surface area contributed by atoms with Crippen molar-refractivity contribution in [1.29, 1.82) is 0 Å². The molecule has 0 radical (unpaired) electrons. The van der Waals surface area contributed by atoms with Crippen LogP contribution >= 0.6 is 11.6 Å².